The maximum atomic E-state index is 12.5. The predicted octanol–water partition coefficient (Wildman–Crippen LogP) is 1.52. The molecule has 0 heterocycles. The molecular weight excluding hydrogens is 276 g/mol. The Morgan fingerprint density at radius 1 is 1.30 bits per heavy atom. The van der Waals surface area contributed by atoms with E-state index in [0.29, 0.717) is 11.3 Å². The summed E-state index contributed by atoms with van der Waals surface area (Å²) in [5.74, 6) is 0.574. The molecule has 0 unspecified atom stereocenters. The number of sulfonamides is 1. The van der Waals surface area contributed by atoms with E-state index in [9.17, 15) is 8.42 Å². The van der Waals surface area contributed by atoms with Crippen molar-refractivity contribution in [3.63, 3.8) is 0 Å². The summed E-state index contributed by atoms with van der Waals surface area (Å²) in [4.78, 5) is 0.183. The zero-order valence-corrected chi connectivity index (χ0v) is 12.4. The Labute approximate surface area is 120 Å². The molecule has 0 aliphatic rings. The van der Waals surface area contributed by atoms with E-state index in [1.54, 1.807) is 6.07 Å². The van der Waals surface area contributed by atoms with Gasteiger partial charge in [0.15, 0.2) is 0 Å². The van der Waals surface area contributed by atoms with Crippen molar-refractivity contribution >= 4 is 10.0 Å². The molecular formula is C14H20N2O3S. The summed E-state index contributed by atoms with van der Waals surface area (Å²) >= 11 is 0. The fraction of sp³-hybridized carbons (Fsp3) is 0.286. The highest BCUT2D eigenvalue weighted by Gasteiger charge is 2.23. The van der Waals surface area contributed by atoms with Crippen LogP contribution in [0.2, 0.25) is 0 Å². The molecule has 0 bridgehead atoms. The van der Waals surface area contributed by atoms with Gasteiger partial charge in [0.1, 0.15) is 5.75 Å². The van der Waals surface area contributed by atoms with Gasteiger partial charge in [0, 0.05) is 25.2 Å². The summed E-state index contributed by atoms with van der Waals surface area (Å²) in [5, 5.41) is 0. The third-order valence-corrected chi connectivity index (χ3v) is 4.60. The molecule has 0 atom stereocenters. The van der Waals surface area contributed by atoms with E-state index in [2.05, 4.69) is 13.2 Å². The Morgan fingerprint density at radius 3 is 2.35 bits per heavy atom. The molecule has 2 N–H and O–H groups in total. The zero-order valence-electron chi connectivity index (χ0n) is 11.6. The summed E-state index contributed by atoms with van der Waals surface area (Å²) in [7, 11) is -2.08. The minimum atomic E-state index is -3.60. The molecule has 0 amide bonds. The SMILES string of the molecule is C=CCN(CC=C)S(=O)(=O)c1ccc(OC)c(CN)c1. The maximum Gasteiger partial charge on any atom is 0.243 e. The van der Waals surface area contributed by atoms with Crippen LogP contribution < -0.4 is 10.5 Å². The second kappa shape index (κ2) is 7.23. The van der Waals surface area contributed by atoms with Crippen molar-refractivity contribution in [2.75, 3.05) is 20.2 Å². The van der Waals surface area contributed by atoms with Crippen LogP contribution in [0.1, 0.15) is 5.56 Å². The first kappa shape index (κ1) is 16.4. The van der Waals surface area contributed by atoms with E-state index in [-0.39, 0.29) is 24.5 Å². The van der Waals surface area contributed by atoms with Crippen LogP contribution in [0.4, 0.5) is 0 Å². The summed E-state index contributed by atoms with van der Waals surface area (Å²) < 4.78 is 31.5. The highest BCUT2D eigenvalue weighted by molar-refractivity contribution is 7.89. The number of ether oxygens (including phenoxy) is 1. The Kier molecular flexibility index (Phi) is 5.94. The average Bonchev–Trinajstić information content (AvgIpc) is 2.46. The van der Waals surface area contributed by atoms with Crippen LogP contribution in [-0.4, -0.2) is 32.9 Å². The lowest BCUT2D eigenvalue weighted by atomic mass is 10.2. The highest BCUT2D eigenvalue weighted by Crippen LogP contribution is 2.24. The molecule has 0 saturated heterocycles. The Hall–Kier alpha value is -1.63. The van der Waals surface area contributed by atoms with Crippen molar-refractivity contribution in [1.82, 2.24) is 4.31 Å². The Morgan fingerprint density at radius 2 is 1.90 bits per heavy atom. The molecule has 0 aliphatic carbocycles. The lowest BCUT2D eigenvalue weighted by molar-refractivity contribution is 0.409. The van der Waals surface area contributed by atoms with Crippen LogP contribution >= 0.6 is 0 Å². The second-order valence-corrected chi connectivity index (χ2v) is 6.02. The van der Waals surface area contributed by atoms with Crippen LogP contribution in [0.25, 0.3) is 0 Å². The van der Waals surface area contributed by atoms with Crippen LogP contribution in [0.3, 0.4) is 0 Å². The lowest BCUT2D eigenvalue weighted by Gasteiger charge is -2.19. The van der Waals surface area contributed by atoms with Crippen molar-refractivity contribution in [3.8, 4) is 5.75 Å². The summed E-state index contributed by atoms with van der Waals surface area (Å²) in [6.45, 7) is 7.79. The molecule has 1 aromatic rings. The number of methoxy groups -OCH3 is 1. The molecule has 0 radical (unpaired) electrons. The molecule has 6 heteroatoms. The van der Waals surface area contributed by atoms with Gasteiger partial charge in [0.05, 0.1) is 12.0 Å². The third-order valence-electron chi connectivity index (χ3n) is 2.78. The normalized spacial score (nSPS) is 11.3. The number of nitrogens with zero attached hydrogens (tertiary/aromatic N) is 1. The van der Waals surface area contributed by atoms with Crippen molar-refractivity contribution in [3.05, 3.63) is 49.1 Å². The average molecular weight is 296 g/mol. The molecule has 5 nitrogen and oxygen atoms in total. The maximum absolute atomic E-state index is 12.5. The first-order valence-corrected chi connectivity index (χ1v) is 7.54. The van der Waals surface area contributed by atoms with Crippen LogP contribution in [0, 0.1) is 0 Å². The van der Waals surface area contributed by atoms with E-state index in [4.69, 9.17) is 10.5 Å². The smallest absolute Gasteiger partial charge is 0.243 e. The van der Waals surface area contributed by atoms with Gasteiger partial charge in [-0.2, -0.15) is 4.31 Å². The van der Waals surface area contributed by atoms with Gasteiger partial charge in [-0.05, 0) is 18.2 Å². The second-order valence-electron chi connectivity index (χ2n) is 4.08. The fourth-order valence-electron chi connectivity index (χ4n) is 1.78. The summed E-state index contributed by atoms with van der Waals surface area (Å²) in [6.07, 6.45) is 3.07. The van der Waals surface area contributed by atoms with Crippen molar-refractivity contribution in [1.29, 1.82) is 0 Å². The number of nitrogens with two attached hydrogens (primary N) is 1. The summed E-state index contributed by atoms with van der Waals surface area (Å²) in [6, 6.07) is 4.65. The Balaban J connectivity index is 3.26. The summed E-state index contributed by atoms with van der Waals surface area (Å²) in [5.41, 5.74) is 6.26. The molecule has 0 aliphatic heterocycles. The van der Waals surface area contributed by atoms with Crippen LogP contribution in [0.15, 0.2) is 48.4 Å². The van der Waals surface area contributed by atoms with E-state index in [0.717, 1.165) is 0 Å². The van der Waals surface area contributed by atoms with Gasteiger partial charge >= 0.3 is 0 Å². The predicted molar refractivity (Wildman–Crippen MR) is 80.0 cm³/mol. The first-order chi connectivity index (χ1) is 9.51. The highest BCUT2D eigenvalue weighted by atomic mass is 32.2. The standard InChI is InChI=1S/C14H20N2O3S/c1-4-8-16(9-5-2)20(17,18)13-6-7-14(19-3)12(10-13)11-15/h4-7,10H,1-2,8-9,11,15H2,3H3. The molecule has 0 saturated carbocycles. The van der Waals surface area contributed by atoms with E-state index in [1.165, 1.54) is 35.7 Å². The van der Waals surface area contributed by atoms with Crippen LogP contribution in [0.5, 0.6) is 5.75 Å². The third kappa shape index (κ3) is 3.47. The number of benzene rings is 1. The van der Waals surface area contributed by atoms with E-state index < -0.39 is 10.0 Å². The monoisotopic (exact) mass is 296 g/mol. The van der Waals surface area contributed by atoms with E-state index in [1.807, 2.05) is 0 Å². The molecule has 1 rings (SSSR count). The Bertz CT molecular complexity index is 572. The van der Waals surface area contributed by atoms with Gasteiger partial charge in [0.25, 0.3) is 0 Å². The number of hydrogen-bond donors (Lipinski definition) is 1. The van der Waals surface area contributed by atoms with E-state index >= 15 is 0 Å². The molecule has 0 fully saturated rings. The largest absolute Gasteiger partial charge is 0.496 e. The van der Waals surface area contributed by atoms with Gasteiger partial charge in [0.2, 0.25) is 10.0 Å². The minimum absolute atomic E-state index is 0.183. The van der Waals surface area contributed by atoms with Gasteiger partial charge in [-0.3, -0.25) is 0 Å². The lowest BCUT2D eigenvalue weighted by Crippen LogP contribution is -2.31. The molecule has 1 aromatic carbocycles. The van der Waals surface area contributed by atoms with Gasteiger partial charge < -0.3 is 10.5 Å². The number of rotatable bonds is 8. The quantitative estimate of drug-likeness (QED) is 0.738. The number of hydrogen-bond acceptors (Lipinski definition) is 4. The van der Waals surface area contributed by atoms with Crippen molar-refractivity contribution in [2.24, 2.45) is 5.73 Å². The topological polar surface area (TPSA) is 72.6 Å². The minimum Gasteiger partial charge on any atom is -0.496 e. The van der Waals surface area contributed by atoms with Gasteiger partial charge in [-0.1, -0.05) is 12.2 Å². The van der Waals surface area contributed by atoms with Crippen molar-refractivity contribution in [2.45, 2.75) is 11.4 Å². The molecule has 110 valence electrons. The van der Waals surface area contributed by atoms with Crippen molar-refractivity contribution < 1.29 is 13.2 Å². The fourth-order valence-corrected chi connectivity index (χ4v) is 3.22. The molecule has 0 aromatic heterocycles. The molecule has 0 spiro atoms. The van der Waals surface area contributed by atoms with Gasteiger partial charge in [-0.25, -0.2) is 8.42 Å². The zero-order chi connectivity index (χ0) is 15.2. The van der Waals surface area contributed by atoms with Gasteiger partial charge in [-0.15, -0.1) is 13.2 Å². The first-order valence-electron chi connectivity index (χ1n) is 6.10. The van der Waals surface area contributed by atoms with Crippen LogP contribution in [-0.2, 0) is 16.6 Å². The molecule has 20 heavy (non-hydrogen) atoms.